The number of esters is 1. The lowest BCUT2D eigenvalue weighted by Crippen LogP contribution is -2.27. The maximum atomic E-state index is 12.3. The first kappa shape index (κ1) is 40.6. The maximum absolute atomic E-state index is 12.3. The zero-order valence-electron chi connectivity index (χ0n) is 27.7. The first-order valence-corrected chi connectivity index (χ1v) is 17.7. The molecule has 0 amide bonds. The van der Waals surface area contributed by atoms with E-state index in [0.717, 1.165) is 12.8 Å². The molecule has 0 aromatic rings. The highest BCUT2D eigenvalue weighted by Crippen LogP contribution is 2.21. The molecule has 0 aliphatic rings. The minimum atomic E-state index is -0.301. The Labute approximate surface area is 247 Å². The molecule has 236 valence electrons. The molecule has 3 nitrogen and oxygen atoms in total. The minimum Gasteiger partial charge on any atom is -0.460 e. The Morgan fingerprint density at radius 1 is 0.436 bits per heavy atom. The van der Waals surface area contributed by atoms with Crippen molar-refractivity contribution < 1.29 is 9.53 Å². The third kappa shape index (κ3) is 33.5. The van der Waals surface area contributed by atoms with E-state index in [1.165, 1.54) is 173 Å². The Morgan fingerprint density at radius 3 is 1.00 bits per heavy atom. The molecule has 0 atom stereocenters. The van der Waals surface area contributed by atoms with Crippen molar-refractivity contribution in [2.45, 2.75) is 226 Å². The minimum absolute atomic E-state index is 0. The van der Waals surface area contributed by atoms with Gasteiger partial charge < -0.3 is 10.9 Å². The van der Waals surface area contributed by atoms with Crippen LogP contribution in [0.4, 0.5) is 0 Å². The van der Waals surface area contributed by atoms with Crippen molar-refractivity contribution in [2.24, 2.45) is 0 Å². The lowest BCUT2D eigenvalue weighted by Gasteiger charge is -2.25. The Kier molecular flexibility index (Phi) is 33.2. The van der Waals surface area contributed by atoms with E-state index in [-0.39, 0.29) is 17.7 Å². The Balaban J connectivity index is 0. The van der Waals surface area contributed by atoms with E-state index in [1.807, 2.05) is 0 Å². The second-order valence-corrected chi connectivity index (χ2v) is 12.9. The number of carbonyl (C=O) groups excluding carboxylic acids is 1. The number of rotatable bonds is 31. The normalized spacial score (nSPS) is 11.5. The SMILES string of the molecule is CCCCCCCCCCCCCCCCCC(C)(C)OC(=O)CCCCCCCCCCCCCCC.N. The standard InChI is InChI=1S/C36H72O2.H3N/c1-5-7-9-11-13-15-17-19-20-22-24-26-28-30-32-34-36(3,4)38-35(37)33-31-29-27-25-23-21-18-16-14-12-10-8-6-2;/h5-34H2,1-4H3;1H3. The predicted octanol–water partition coefficient (Wildman–Crippen LogP) is 13.2. The van der Waals surface area contributed by atoms with Crippen LogP contribution in [0.1, 0.15) is 220 Å². The monoisotopic (exact) mass is 554 g/mol. The second kappa shape index (κ2) is 32.0. The van der Waals surface area contributed by atoms with Crippen molar-refractivity contribution in [2.75, 3.05) is 0 Å². The first-order valence-electron chi connectivity index (χ1n) is 17.7. The van der Waals surface area contributed by atoms with Crippen LogP contribution in [0.5, 0.6) is 0 Å². The van der Waals surface area contributed by atoms with Gasteiger partial charge in [-0.05, 0) is 33.1 Å². The molecule has 0 saturated heterocycles. The largest absolute Gasteiger partial charge is 0.460 e. The van der Waals surface area contributed by atoms with E-state index >= 15 is 0 Å². The highest BCUT2D eigenvalue weighted by atomic mass is 16.6. The van der Waals surface area contributed by atoms with Crippen LogP contribution in [-0.2, 0) is 9.53 Å². The first-order chi connectivity index (χ1) is 18.5. The van der Waals surface area contributed by atoms with Gasteiger partial charge in [0.05, 0.1) is 0 Å². The molecule has 0 aromatic carbocycles. The smallest absolute Gasteiger partial charge is 0.306 e. The van der Waals surface area contributed by atoms with Crippen molar-refractivity contribution in [1.82, 2.24) is 6.15 Å². The fourth-order valence-electron chi connectivity index (χ4n) is 5.62. The molecule has 0 heterocycles. The van der Waals surface area contributed by atoms with Crippen LogP contribution in [0.2, 0.25) is 0 Å². The molecule has 0 fully saturated rings. The Morgan fingerprint density at radius 2 is 0.692 bits per heavy atom. The van der Waals surface area contributed by atoms with Gasteiger partial charge in [-0.1, -0.05) is 181 Å². The van der Waals surface area contributed by atoms with E-state index in [2.05, 4.69) is 27.7 Å². The van der Waals surface area contributed by atoms with E-state index in [9.17, 15) is 4.79 Å². The summed E-state index contributed by atoms with van der Waals surface area (Å²) in [5, 5.41) is 0. The molecule has 39 heavy (non-hydrogen) atoms. The second-order valence-electron chi connectivity index (χ2n) is 12.9. The van der Waals surface area contributed by atoms with E-state index in [0.29, 0.717) is 6.42 Å². The molecule has 0 unspecified atom stereocenters. The molecular weight excluding hydrogens is 478 g/mol. The molecule has 0 spiro atoms. The summed E-state index contributed by atoms with van der Waals surface area (Å²) in [4.78, 5) is 12.3. The van der Waals surface area contributed by atoms with Crippen LogP contribution >= 0.6 is 0 Å². The maximum Gasteiger partial charge on any atom is 0.306 e. The van der Waals surface area contributed by atoms with Crippen LogP contribution in [0.15, 0.2) is 0 Å². The van der Waals surface area contributed by atoms with Crippen LogP contribution in [0.25, 0.3) is 0 Å². The Hall–Kier alpha value is -0.570. The van der Waals surface area contributed by atoms with Gasteiger partial charge in [-0.15, -0.1) is 0 Å². The number of hydrogen-bond acceptors (Lipinski definition) is 3. The van der Waals surface area contributed by atoms with Crippen molar-refractivity contribution in [1.29, 1.82) is 0 Å². The molecule has 0 aromatic heterocycles. The van der Waals surface area contributed by atoms with Gasteiger partial charge >= 0.3 is 5.97 Å². The molecule has 0 aliphatic carbocycles. The summed E-state index contributed by atoms with van der Waals surface area (Å²) < 4.78 is 5.83. The molecule has 3 heteroatoms. The summed E-state index contributed by atoms with van der Waals surface area (Å²) in [7, 11) is 0. The van der Waals surface area contributed by atoms with Crippen LogP contribution in [0.3, 0.4) is 0 Å². The van der Waals surface area contributed by atoms with Crippen molar-refractivity contribution >= 4 is 5.97 Å². The number of carbonyl (C=O) groups is 1. The summed E-state index contributed by atoms with van der Waals surface area (Å²) in [6, 6.07) is 0. The lowest BCUT2D eigenvalue weighted by atomic mass is 9.98. The molecule has 3 N–H and O–H groups in total. The fourth-order valence-corrected chi connectivity index (χ4v) is 5.62. The van der Waals surface area contributed by atoms with Gasteiger partial charge in [0.25, 0.3) is 0 Å². The summed E-state index contributed by atoms with van der Waals surface area (Å²) in [6.45, 7) is 8.77. The molecule has 0 aliphatic heterocycles. The fraction of sp³-hybridized carbons (Fsp3) is 0.972. The average molecular weight is 554 g/mol. The lowest BCUT2D eigenvalue weighted by molar-refractivity contribution is -0.157. The van der Waals surface area contributed by atoms with E-state index in [4.69, 9.17) is 4.74 Å². The zero-order valence-corrected chi connectivity index (χ0v) is 27.7. The predicted molar refractivity (Wildman–Crippen MR) is 175 cm³/mol. The van der Waals surface area contributed by atoms with Gasteiger partial charge in [0, 0.05) is 6.42 Å². The van der Waals surface area contributed by atoms with Gasteiger partial charge in [0.1, 0.15) is 5.60 Å². The number of hydrogen-bond donors (Lipinski definition) is 1. The summed E-state index contributed by atoms with van der Waals surface area (Å²) in [5.41, 5.74) is -0.301. The summed E-state index contributed by atoms with van der Waals surface area (Å²) in [5.74, 6) is 0.0130. The highest BCUT2D eigenvalue weighted by molar-refractivity contribution is 5.69. The van der Waals surface area contributed by atoms with Crippen LogP contribution in [0, 0.1) is 0 Å². The molecule has 0 saturated carbocycles. The van der Waals surface area contributed by atoms with Crippen molar-refractivity contribution in [3.05, 3.63) is 0 Å². The van der Waals surface area contributed by atoms with Crippen LogP contribution in [-0.4, -0.2) is 11.6 Å². The van der Waals surface area contributed by atoms with Crippen LogP contribution < -0.4 is 6.15 Å². The molecule has 0 bridgehead atoms. The van der Waals surface area contributed by atoms with E-state index < -0.39 is 0 Å². The van der Waals surface area contributed by atoms with Gasteiger partial charge in [-0.25, -0.2) is 0 Å². The van der Waals surface area contributed by atoms with Gasteiger partial charge in [-0.2, -0.15) is 0 Å². The Bertz CT molecular complexity index is 477. The number of unbranched alkanes of at least 4 members (excludes halogenated alkanes) is 26. The van der Waals surface area contributed by atoms with E-state index in [1.54, 1.807) is 0 Å². The molecular formula is C36H75NO2. The van der Waals surface area contributed by atoms with Gasteiger partial charge in [-0.3, -0.25) is 4.79 Å². The molecule has 0 rings (SSSR count). The van der Waals surface area contributed by atoms with Gasteiger partial charge in [0.2, 0.25) is 0 Å². The summed E-state index contributed by atoms with van der Waals surface area (Å²) >= 11 is 0. The molecule has 0 radical (unpaired) electrons. The third-order valence-corrected chi connectivity index (χ3v) is 8.26. The summed E-state index contributed by atoms with van der Waals surface area (Å²) in [6.07, 6.45) is 39.8. The topological polar surface area (TPSA) is 61.3 Å². The zero-order chi connectivity index (χ0) is 28.0. The number of ether oxygens (including phenoxy) is 1. The average Bonchev–Trinajstić information content (AvgIpc) is 2.88. The van der Waals surface area contributed by atoms with Crippen molar-refractivity contribution in [3.63, 3.8) is 0 Å². The highest BCUT2D eigenvalue weighted by Gasteiger charge is 2.21. The third-order valence-electron chi connectivity index (χ3n) is 8.26. The van der Waals surface area contributed by atoms with Gasteiger partial charge in [0.15, 0.2) is 0 Å². The van der Waals surface area contributed by atoms with Crippen molar-refractivity contribution in [3.8, 4) is 0 Å². The quantitative estimate of drug-likeness (QED) is 0.0685.